The molecule has 3 N–H and O–H groups in total. The van der Waals surface area contributed by atoms with Crippen LogP contribution in [0.5, 0.6) is 17.2 Å². The Labute approximate surface area is 225 Å². The third-order valence-corrected chi connectivity index (χ3v) is 5.59. The molecule has 0 spiro atoms. The summed E-state index contributed by atoms with van der Waals surface area (Å²) in [6.45, 7) is 2.28. The summed E-state index contributed by atoms with van der Waals surface area (Å²) in [4.78, 5) is 25.0. The molecule has 0 aromatic heterocycles. The van der Waals surface area contributed by atoms with Crippen molar-refractivity contribution < 1.29 is 23.8 Å². The van der Waals surface area contributed by atoms with Crippen LogP contribution in [0.4, 0.5) is 0 Å². The van der Waals surface area contributed by atoms with E-state index in [0.29, 0.717) is 30.3 Å². The molecule has 2 amide bonds. The van der Waals surface area contributed by atoms with Gasteiger partial charge in [-0.15, -0.1) is 0 Å². The van der Waals surface area contributed by atoms with Crippen molar-refractivity contribution >= 4 is 39.9 Å². The fourth-order valence-corrected chi connectivity index (χ4v) is 3.63. The molecule has 8 nitrogen and oxygen atoms in total. The third kappa shape index (κ3) is 7.68. The minimum atomic E-state index is -0.804. The first-order valence-electron chi connectivity index (χ1n) is 12.0. The number of fused-ring (bicyclic) bond motifs is 1. The first kappa shape index (κ1) is 26.4. The van der Waals surface area contributed by atoms with Gasteiger partial charge in [-0.25, -0.2) is 0 Å². The molecule has 1 atom stereocenters. The highest BCUT2D eigenvalue weighted by Crippen LogP contribution is 2.21. The van der Waals surface area contributed by atoms with Crippen molar-refractivity contribution in [3.63, 3.8) is 0 Å². The number of para-hydroxylation sites is 1. The minimum Gasteiger partial charge on any atom is -0.490 e. The van der Waals surface area contributed by atoms with Gasteiger partial charge >= 0.3 is 0 Å². The maximum Gasteiger partial charge on any atom is 0.279 e. The van der Waals surface area contributed by atoms with E-state index in [1.54, 1.807) is 37.3 Å². The fraction of sp³-hybridized carbons (Fsp3) is 0.138. The lowest BCUT2D eigenvalue weighted by Crippen LogP contribution is -2.51. The number of hydrazine groups is 1. The van der Waals surface area contributed by atoms with Crippen molar-refractivity contribution in [1.82, 2.24) is 16.2 Å². The lowest BCUT2D eigenvalue weighted by molar-refractivity contribution is -0.127. The number of nitrogens with one attached hydrogen (secondary N) is 3. The summed E-state index contributed by atoms with van der Waals surface area (Å²) in [5.41, 5.74) is 5.31. The molecular weight excluding hydrogens is 502 g/mol. The molecule has 38 heavy (non-hydrogen) atoms. The highest BCUT2D eigenvalue weighted by Gasteiger charge is 2.16. The van der Waals surface area contributed by atoms with Gasteiger partial charge in [-0.3, -0.25) is 25.8 Å². The van der Waals surface area contributed by atoms with Crippen LogP contribution < -0.4 is 30.4 Å². The molecule has 0 aliphatic carbocycles. The van der Waals surface area contributed by atoms with E-state index >= 15 is 0 Å². The van der Waals surface area contributed by atoms with Gasteiger partial charge in [-0.05, 0) is 72.4 Å². The average molecular weight is 530 g/mol. The van der Waals surface area contributed by atoms with E-state index in [4.69, 9.17) is 26.4 Å². The Balaban J connectivity index is 1.20. The Morgan fingerprint density at radius 1 is 0.737 bits per heavy atom. The monoisotopic (exact) mass is 529 g/mol. The van der Waals surface area contributed by atoms with Crippen LogP contribution in [0.2, 0.25) is 0 Å². The molecule has 4 aromatic carbocycles. The second kappa shape index (κ2) is 13.1. The molecular formula is C29H27N3O5S. The summed E-state index contributed by atoms with van der Waals surface area (Å²) in [7, 11) is 0. The van der Waals surface area contributed by atoms with Gasteiger partial charge in [0.1, 0.15) is 30.5 Å². The van der Waals surface area contributed by atoms with Gasteiger partial charge in [0.05, 0.1) is 0 Å². The molecule has 0 aliphatic heterocycles. The minimum absolute atomic E-state index is 0.0659. The Morgan fingerprint density at radius 3 is 2.21 bits per heavy atom. The highest BCUT2D eigenvalue weighted by atomic mass is 32.1. The van der Waals surface area contributed by atoms with Gasteiger partial charge in [-0.1, -0.05) is 54.6 Å². The van der Waals surface area contributed by atoms with Crippen LogP contribution in [0, 0.1) is 0 Å². The molecule has 0 bridgehead atoms. The van der Waals surface area contributed by atoms with Crippen molar-refractivity contribution in [1.29, 1.82) is 0 Å². The zero-order valence-electron chi connectivity index (χ0n) is 20.7. The van der Waals surface area contributed by atoms with Gasteiger partial charge in [0.25, 0.3) is 11.8 Å². The Morgan fingerprint density at radius 2 is 1.42 bits per heavy atom. The normalized spacial score (nSPS) is 11.2. The number of carbonyl (C=O) groups is 2. The second-order valence-corrected chi connectivity index (χ2v) is 8.61. The third-order valence-electron chi connectivity index (χ3n) is 5.39. The van der Waals surface area contributed by atoms with E-state index in [1.165, 1.54) is 0 Å². The van der Waals surface area contributed by atoms with Crippen molar-refractivity contribution in [2.45, 2.75) is 13.0 Å². The topological polar surface area (TPSA) is 97.9 Å². The van der Waals surface area contributed by atoms with Gasteiger partial charge in [0.2, 0.25) is 0 Å². The summed E-state index contributed by atoms with van der Waals surface area (Å²) >= 11 is 5.14. The zero-order valence-corrected chi connectivity index (χ0v) is 21.5. The molecule has 194 valence electrons. The molecule has 0 fully saturated rings. The smallest absolute Gasteiger partial charge is 0.279 e. The standard InChI is InChI=1S/C29H27N3O5S/c1-20(37-26-15-14-21-8-5-6-9-22(21)18-26)27(33)31-32-29(38)30-28(34)23-10-7-13-25(19-23)36-17-16-35-24-11-3-2-4-12-24/h2-15,18-20H,16-17H2,1H3,(H,31,33)(H2,30,32,34,38). The number of hydrogen-bond acceptors (Lipinski definition) is 6. The lowest BCUT2D eigenvalue weighted by atomic mass is 10.1. The number of ether oxygens (including phenoxy) is 3. The van der Waals surface area contributed by atoms with Crippen LogP contribution in [0.15, 0.2) is 97.1 Å². The van der Waals surface area contributed by atoms with Crippen molar-refractivity contribution in [2.24, 2.45) is 0 Å². The van der Waals surface area contributed by atoms with Crippen molar-refractivity contribution in [3.8, 4) is 17.2 Å². The van der Waals surface area contributed by atoms with Gasteiger partial charge in [0, 0.05) is 5.56 Å². The van der Waals surface area contributed by atoms with E-state index in [9.17, 15) is 9.59 Å². The van der Waals surface area contributed by atoms with E-state index in [1.807, 2.05) is 66.7 Å². The van der Waals surface area contributed by atoms with Gasteiger partial charge in [-0.2, -0.15) is 0 Å². The molecule has 0 saturated carbocycles. The maximum atomic E-state index is 12.6. The number of hydrogen-bond donors (Lipinski definition) is 3. The van der Waals surface area contributed by atoms with Crippen LogP contribution in [0.1, 0.15) is 17.3 Å². The number of carbonyl (C=O) groups excluding carboxylic acids is 2. The zero-order chi connectivity index (χ0) is 26.7. The molecule has 9 heteroatoms. The van der Waals surface area contributed by atoms with Gasteiger partial charge < -0.3 is 14.2 Å². The van der Waals surface area contributed by atoms with Crippen LogP contribution in [-0.4, -0.2) is 36.2 Å². The van der Waals surface area contributed by atoms with E-state index in [0.717, 1.165) is 16.5 Å². The lowest BCUT2D eigenvalue weighted by Gasteiger charge is -2.16. The van der Waals surface area contributed by atoms with Crippen LogP contribution in [0.25, 0.3) is 10.8 Å². The highest BCUT2D eigenvalue weighted by molar-refractivity contribution is 7.80. The van der Waals surface area contributed by atoms with Crippen LogP contribution >= 0.6 is 12.2 Å². The number of thiocarbonyl (C=S) groups is 1. The average Bonchev–Trinajstić information content (AvgIpc) is 2.94. The molecule has 4 aromatic rings. The second-order valence-electron chi connectivity index (χ2n) is 8.20. The fourth-order valence-electron chi connectivity index (χ4n) is 3.49. The molecule has 0 aliphatic rings. The largest absolute Gasteiger partial charge is 0.490 e. The predicted molar refractivity (Wildman–Crippen MR) is 149 cm³/mol. The summed E-state index contributed by atoms with van der Waals surface area (Å²) < 4.78 is 17.0. The first-order chi connectivity index (χ1) is 18.5. The van der Waals surface area contributed by atoms with Crippen molar-refractivity contribution in [2.75, 3.05) is 13.2 Å². The number of amides is 2. The number of benzene rings is 4. The van der Waals surface area contributed by atoms with E-state index in [2.05, 4.69) is 16.2 Å². The van der Waals surface area contributed by atoms with E-state index < -0.39 is 17.9 Å². The summed E-state index contributed by atoms with van der Waals surface area (Å²) in [5.74, 6) is 0.926. The summed E-state index contributed by atoms with van der Waals surface area (Å²) in [5, 5.41) is 4.54. The Kier molecular flexibility index (Phi) is 9.09. The summed E-state index contributed by atoms with van der Waals surface area (Å²) in [6, 6.07) is 29.6. The molecule has 1 unspecified atom stereocenters. The van der Waals surface area contributed by atoms with Crippen molar-refractivity contribution in [3.05, 3.63) is 103 Å². The van der Waals surface area contributed by atoms with Crippen LogP contribution in [0.3, 0.4) is 0 Å². The maximum absolute atomic E-state index is 12.6. The van der Waals surface area contributed by atoms with E-state index in [-0.39, 0.29) is 5.11 Å². The van der Waals surface area contributed by atoms with Gasteiger partial charge in [0.15, 0.2) is 11.2 Å². The first-order valence-corrected chi connectivity index (χ1v) is 12.4. The molecule has 0 radical (unpaired) electrons. The number of rotatable bonds is 9. The molecule has 0 saturated heterocycles. The predicted octanol–water partition coefficient (Wildman–Crippen LogP) is 4.40. The summed E-state index contributed by atoms with van der Waals surface area (Å²) in [6.07, 6.45) is -0.804. The molecule has 0 heterocycles. The Bertz CT molecular complexity index is 1410. The van der Waals surface area contributed by atoms with Crippen LogP contribution in [-0.2, 0) is 4.79 Å². The Hall–Kier alpha value is -4.63. The quantitative estimate of drug-likeness (QED) is 0.168. The SMILES string of the molecule is CC(Oc1ccc2ccccc2c1)C(=O)NNC(=S)NC(=O)c1cccc(OCCOc2ccccc2)c1. The molecule has 4 rings (SSSR count).